The van der Waals surface area contributed by atoms with Crippen LogP contribution in [0.2, 0.25) is 0 Å². The molecule has 3 heterocycles. The first-order chi connectivity index (χ1) is 11.3. The third-order valence-corrected chi connectivity index (χ3v) is 4.18. The summed E-state index contributed by atoms with van der Waals surface area (Å²) in [6.07, 6.45) is -4.89. The van der Waals surface area contributed by atoms with E-state index in [9.17, 15) is 18.0 Å². The fourth-order valence-corrected chi connectivity index (χ4v) is 3.00. The number of aromatic nitrogens is 3. The van der Waals surface area contributed by atoms with Crippen molar-refractivity contribution in [3.63, 3.8) is 0 Å². The van der Waals surface area contributed by atoms with Gasteiger partial charge >= 0.3 is 6.18 Å². The molecule has 2 atom stereocenters. The number of amides is 1. The molecule has 2 aromatic rings. The number of hydrogen-bond acceptors (Lipinski definition) is 4. The third-order valence-electron chi connectivity index (χ3n) is 4.18. The second-order valence-corrected chi connectivity index (χ2v) is 5.78. The second kappa shape index (κ2) is 6.04. The molecule has 1 aliphatic heterocycles. The molecule has 24 heavy (non-hydrogen) atoms. The van der Waals surface area contributed by atoms with Crippen molar-refractivity contribution in [2.45, 2.75) is 38.7 Å². The zero-order valence-electron chi connectivity index (χ0n) is 13.2. The Kier molecular flexibility index (Phi) is 4.20. The maximum atomic E-state index is 13.0. The summed E-state index contributed by atoms with van der Waals surface area (Å²) in [6, 6.07) is 2.52. The number of pyridine rings is 1. The van der Waals surface area contributed by atoms with Gasteiger partial charge in [0.2, 0.25) is 5.91 Å². The predicted molar refractivity (Wildman–Crippen MR) is 79.2 cm³/mol. The van der Waals surface area contributed by atoms with E-state index in [0.717, 1.165) is 5.39 Å². The van der Waals surface area contributed by atoms with Crippen LogP contribution < -0.4 is 0 Å². The van der Waals surface area contributed by atoms with Gasteiger partial charge in [0.1, 0.15) is 6.54 Å². The minimum Gasteiger partial charge on any atom is -0.365 e. The Morgan fingerprint density at radius 3 is 2.92 bits per heavy atom. The van der Waals surface area contributed by atoms with Crippen molar-refractivity contribution >= 4 is 16.9 Å². The van der Waals surface area contributed by atoms with Crippen LogP contribution in [0.15, 0.2) is 18.3 Å². The SMILES string of the molecule is Cc1nn(CC(=O)N2CCO[C@@H](C(F)(F)F)[C@H]2C)c2ncccc12. The van der Waals surface area contributed by atoms with Gasteiger partial charge in [-0.1, -0.05) is 0 Å². The zero-order chi connectivity index (χ0) is 17.5. The normalized spacial score (nSPS) is 22.1. The Morgan fingerprint density at radius 1 is 1.46 bits per heavy atom. The summed E-state index contributed by atoms with van der Waals surface area (Å²) < 4.78 is 45.2. The van der Waals surface area contributed by atoms with Crippen LogP contribution in [0.5, 0.6) is 0 Å². The van der Waals surface area contributed by atoms with E-state index >= 15 is 0 Å². The molecule has 9 heteroatoms. The molecule has 0 N–H and O–H groups in total. The Morgan fingerprint density at radius 2 is 2.21 bits per heavy atom. The highest BCUT2D eigenvalue weighted by atomic mass is 19.4. The van der Waals surface area contributed by atoms with E-state index in [1.807, 2.05) is 6.07 Å². The van der Waals surface area contributed by atoms with E-state index in [0.29, 0.717) is 11.3 Å². The van der Waals surface area contributed by atoms with Gasteiger partial charge in [0.05, 0.1) is 18.3 Å². The molecule has 0 radical (unpaired) electrons. The molecule has 130 valence electrons. The molecule has 1 fully saturated rings. The van der Waals surface area contributed by atoms with E-state index in [1.54, 1.807) is 19.2 Å². The molecule has 0 aromatic carbocycles. The number of carbonyl (C=O) groups is 1. The summed E-state index contributed by atoms with van der Waals surface area (Å²) in [6.45, 7) is 2.97. The molecule has 0 unspecified atom stereocenters. The van der Waals surface area contributed by atoms with Crippen LogP contribution in [0.1, 0.15) is 12.6 Å². The molecule has 0 spiro atoms. The number of fused-ring (bicyclic) bond motifs is 1. The minimum absolute atomic E-state index is 0.123. The summed E-state index contributed by atoms with van der Waals surface area (Å²) in [5.41, 5.74) is 1.26. The lowest BCUT2D eigenvalue weighted by Gasteiger charge is -2.39. The number of hydrogen-bond donors (Lipinski definition) is 0. The van der Waals surface area contributed by atoms with Gasteiger partial charge in [-0.15, -0.1) is 0 Å². The number of alkyl halides is 3. The molecule has 1 aliphatic rings. The molecule has 3 rings (SSSR count). The van der Waals surface area contributed by atoms with Crippen molar-refractivity contribution in [1.29, 1.82) is 0 Å². The number of ether oxygens (including phenoxy) is 1. The molecule has 6 nitrogen and oxygen atoms in total. The molecule has 0 aliphatic carbocycles. The molecule has 1 saturated heterocycles. The molecular formula is C15H17F3N4O2. The van der Waals surface area contributed by atoms with E-state index in [1.165, 1.54) is 16.5 Å². The van der Waals surface area contributed by atoms with E-state index in [4.69, 9.17) is 4.74 Å². The molecule has 1 amide bonds. The second-order valence-electron chi connectivity index (χ2n) is 5.78. The summed E-state index contributed by atoms with van der Waals surface area (Å²) in [4.78, 5) is 17.9. The third kappa shape index (κ3) is 2.95. The van der Waals surface area contributed by atoms with Crippen LogP contribution in [-0.4, -0.2) is 57.0 Å². The van der Waals surface area contributed by atoms with Gasteiger partial charge in [0.15, 0.2) is 11.8 Å². The van der Waals surface area contributed by atoms with Crippen LogP contribution in [0.25, 0.3) is 11.0 Å². The number of morpholine rings is 1. The number of aryl methyl sites for hydroxylation is 1. The zero-order valence-corrected chi connectivity index (χ0v) is 13.2. The number of nitrogens with zero attached hydrogens (tertiary/aromatic N) is 4. The Labute approximate surface area is 136 Å². The van der Waals surface area contributed by atoms with Gasteiger partial charge in [-0.25, -0.2) is 9.67 Å². The Hall–Kier alpha value is -2.16. The highest BCUT2D eigenvalue weighted by Crippen LogP contribution is 2.30. The van der Waals surface area contributed by atoms with E-state index in [2.05, 4.69) is 10.1 Å². The van der Waals surface area contributed by atoms with Crippen LogP contribution in [-0.2, 0) is 16.1 Å². The first-order valence-electron chi connectivity index (χ1n) is 7.55. The lowest BCUT2D eigenvalue weighted by Crippen LogP contribution is -2.57. The summed E-state index contributed by atoms with van der Waals surface area (Å²) in [7, 11) is 0. The van der Waals surface area contributed by atoms with Crippen LogP contribution in [0.4, 0.5) is 13.2 Å². The fourth-order valence-electron chi connectivity index (χ4n) is 3.00. The lowest BCUT2D eigenvalue weighted by atomic mass is 10.1. The largest absolute Gasteiger partial charge is 0.416 e. The smallest absolute Gasteiger partial charge is 0.365 e. The van der Waals surface area contributed by atoms with Crippen molar-refractivity contribution in [2.75, 3.05) is 13.2 Å². The fraction of sp³-hybridized carbons (Fsp3) is 0.533. The molecule has 0 saturated carbocycles. The van der Waals surface area contributed by atoms with Gasteiger partial charge < -0.3 is 9.64 Å². The first-order valence-corrected chi connectivity index (χ1v) is 7.55. The van der Waals surface area contributed by atoms with Crippen LogP contribution >= 0.6 is 0 Å². The average Bonchev–Trinajstić information content (AvgIpc) is 2.83. The maximum absolute atomic E-state index is 13.0. The van der Waals surface area contributed by atoms with Gasteiger partial charge in [-0.05, 0) is 26.0 Å². The van der Waals surface area contributed by atoms with Crippen molar-refractivity contribution < 1.29 is 22.7 Å². The van der Waals surface area contributed by atoms with Gasteiger partial charge in [-0.2, -0.15) is 18.3 Å². The number of carbonyl (C=O) groups excluding carboxylic acids is 1. The van der Waals surface area contributed by atoms with Crippen molar-refractivity contribution in [3.8, 4) is 0 Å². The average molecular weight is 342 g/mol. The number of rotatable bonds is 2. The van der Waals surface area contributed by atoms with Crippen molar-refractivity contribution in [2.24, 2.45) is 0 Å². The quantitative estimate of drug-likeness (QED) is 0.837. The lowest BCUT2D eigenvalue weighted by molar-refractivity contribution is -0.250. The van der Waals surface area contributed by atoms with Gasteiger partial charge in [-0.3, -0.25) is 4.79 Å². The van der Waals surface area contributed by atoms with Crippen LogP contribution in [0, 0.1) is 6.92 Å². The van der Waals surface area contributed by atoms with Gasteiger partial charge in [0, 0.05) is 18.1 Å². The Balaban J connectivity index is 1.81. The minimum atomic E-state index is -4.51. The molecule has 2 aromatic heterocycles. The van der Waals surface area contributed by atoms with Crippen molar-refractivity contribution in [3.05, 3.63) is 24.0 Å². The van der Waals surface area contributed by atoms with E-state index in [-0.39, 0.29) is 19.7 Å². The Bertz CT molecular complexity index is 759. The highest BCUT2D eigenvalue weighted by molar-refractivity contribution is 5.81. The highest BCUT2D eigenvalue weighted by Gasteiger charge is 2.48. The summed E-state index contributed by atoms with van der Waals surface area (Å²) in [5, 5.41) is 5.08. The summed E-state index contributed by atoms with van der Waals surface area (Å²) >= 11 is 0. The topological polar surface area (TPSA) is 60.2 Å². The number of halogens is 3. The maximum Gasteiger partial charge on any atom is 0.416 e. The molecule has 0 bridgehead atoms. The van der Waals surface area contributed by atoms with E-state index < -0.39 is 24.2 Å². The predicted octanol–water partition coefficient (Wildman–Crippen LogP) is 1.92. The summed E-state index contributed by atoms with van der Waals surface area (Å²) in [5.74, 6) is -0.435. The molecular weight excluding hydrogens is 325 g/mol. The standard InChI is InChI=1S/C15H17F3N4O2/c1-9-11-4-3-5-19-14(11)22(20-9)8-12(23)21-6-7-24-13(10(21)2)15(16,17)18/h3-5,10,13H,6-8H2,1-2H3/t10-,13-/m1/s1. The first kappa shape index (κ1) is 16.7. The monoisotopic (exact) mass is 342 g/mol. The van der Waals surface area contributed by atoms with Crippen LogP contribution in [0.3, 0.4) is 0 Å². The van der Waals surface area contributed by atoms with Gasteiger partial charge in [0.25, 0.3) is 0 Å². The van der Waals surface area contributed by atoms with Crippen molar-refractivity contribution in [1.82, 2.24) is 19.7 Å².